The molecule has 1 fully saturated rings. The first-order valence-electron chi connectivity index (χ1n) is 5.88. The molecule has 1 N–H and O–H groups in total. The van der Waals surface area contributed by atoms with Gasteiger partial charge in [0.25, 0.3) is 0 Å². The van der Waals surface area contributed by atoms with E-state index in [9.17, 15) is 9.90 Å². The van der Waals surface area contributed by atoms with Crippen LogP contribution in [0.2, 0.25) is 0 Å². The number of fused-ring (bicyclic) bond motifs is 1. The van der Waals surface area contributed by atoms with Crippen LogP contribution in [0.4, 0.5) is 0 Å². The Hall–Kier alpha value is -1.83. The molecule has 0 heterocycles. The summed E-state index contributed by atoms with van der Waals surface area (Å²) in [6.07, 6.45) is 0.746. The molecule has 2 heteroatoms. The van der Waals surface area contributed by atoms with Crippen molar-refractivity contribution in [3.8, 4) is 0 Å². The molecule has 17 heavy (non-hydrogen) atoms. The lowest BCUT2D eigenvalue weighted by atomic mass is 9.89. The van der Waals surface area contributed by atoms with Crippen LogP contribution in [-0.2, 0) is 10.2 Å². The average molecular weight is 226 g/mol. The molecule has 0 aromatic heterocycles. The second-order valence-electron chi connectivity index (χ2n) is 4.91. The number of carboxylic acid groups (broad SMARTS) is 1. The zero-order valence-electron chi connectivity index (χ0n) is 9.68. The number of aliphatic carboxylic acids is 1. The maximum Gasteiger partial charge on any atom is 0.314 e. The van der Waals surface area contributed by atoms with Gasteiger partial charge in [0.1, 0.15) is 0 Å². The average Bonchev–Trinajstić information content (AvgIpc) is 3.01. The first-order valence-corrected chi connectivity index (χ1v) is 5.88. The van der Waals surface area contributed by atoms with Crippen LogP contribution in [0.5, 0.6) is 0 Å². The topological polar surface area (TPSA) is 37.3 Å². The monoisotopic (exact) mass is 226 g/mol. The zero-order valence-corrected chi connectivity index (χ0v) is 9.68. The maximum atomic E-state index is 11.5. The zero-order chi connectivity index (χ0) is 12.0. The quantitative estimate of drug-likeness (QED) is 0.853. The van der Waals surface area contributed by atoms with E-state index in [1.54, 1.807) is 0 Å². The summed E-state index contributed by atoms with van der Waals surface area (Å²) in [5.41, 5.74) is 0.316. The minimum Gasteiger partial charge on any atom is -0.481 e. The molecule has 1 aliphatic rings. The fraction of sp³-hybridized carbons (Fsp3) is 0.267. The summed E-state index contributed by atoms with van der Waals surface area (Å²) in [7, 11) is 0. The first-order chi connectivity index (χ1) is 8.16. The Morgan fingerprint density at radius 3 is 2.53 bits per heavy atom. The molecule has 86 valence electrons. The minimum atomic E-state index is -0.693. The predicted molar refractivity (Wildman–Crippen MR) is 67.0 cm³/mol. The van der Waals surface area contributed by atoms with Crippen molar-refractivity contribution in [3.05, 3.63) is 48.0 Å². The van der Waals surface area contributed by atoms with Gasteiger partial charge in [0.15, 0.2) is 0 Å². The Bertz CT molecular complexity index is 597. The van der Waals surface area contributed by atoms with Crippen molar-refractivity contribution in [2.75, 3.05) is 0 Å². The largest absolute Gasteiger partial charge is 0.481 e. The fourth-order valence-electron chi connectivity index (χ4n) is 2.83. The lowest BCUT2D eigenvalue weighted by Gasteiger charge is -2.14. The molecule has 0 spiro atoms. The van der Waals surface area contributed by atoms with Crippen LogP contribution in [-0.4, -0.2) is 11.1 Å². The van der Waals surface area contributed by atoms with E-state index in [1.165, 1.54) is 0 Å². The Kier molecular flexibility index (Phi) is 2.02. The van der Waals surface area contributed by atoms with Gasteiger partial charge >= 0.3 is 5.97 Å². The Morgan fingerprint density at radius 2 is 1.88 bits per heavy atom. The van der Waals surface area contributed by atoms with E-state index in [4.69, 9.17) is 0 Å². The molecule has 0 saturated heterocycles. The van der Waals surface area contributed by atoms with Crippen molar-refractivity contribution in [1.29, 1.82) is 0 Å². The highest BCUT2D eigenvalue weighted by Crippen LogP contribution is 2.55. The summed E-state index contributed by atoms with van der Waals surface area (Å²) in [6, 6.07) is 13.9. The molecule has 2 unspecified atom stereocenters. The second kappa shape index (κ2) is 3.33. The number of benzene rings is 2. The smallest absolute Gasteiger partial charge is 0.314 e. The maximum absolute atomic E-state index is 11.5. The van der Waals surface area contributed by atoms with Gasteiger partial charge in [-0.05, 0) is 28.7 Å². The van der Waals surface area contributed by atoms with Gasteiger partial charge < -0.3 is 5.11 Å². The number of carboxylic acids is 1. The van der Waals surface area contributed by atoms with E-state index < -0.39 is 11.4 Å². The molecule has 2 aromatic rings. The number of hydrogen-bond donors (Lipinski definition) is 1. The van der Waals surface area contributed by atoms with Crippen LogP contribution in [0.1, 0.15) is 18.9 Å². The second-order valence-corrected chi connectivity index (χ2v) is 4.91. The van der Waals surface area contributed by atoms with Crippen molar-refractivity contribution >= 4 is 16.7 Å². The molecular weight excluding hydrogens is 212 g/mol. The summed E-state index contributed by atoms with van der Waals surface area (Å²) >= 11 is 0. The van der Waals surface area contributed by atoms with E-state index >= 15 is 0 Å². The van der Waals surface area contributed by atoms with Crippen LogP contribution >= 0.6 is 0 Å². The SMILES string of the molecule is CC1CC1(C(=O)O)c1cccc2ccccc12. The van der Waals surface area contributed by atoms with Gasteiger partial charge in [0.2, 0.25) is 0 Å². The molecule has 2 aromatic carbocycles. The molecule has 0 radical (unpaired) electrons. The van der Waals surface area contributed by atoms with Gasteiger partial charge in [-0.1, -0.05) is 49.4 Å². The number of hydrogen-bond acceptors (Lipinski definition) is 1. The van der Waals surface area contributed by atoms with Crippen molar-refractivity contribution in [2.45, 2.75) is 18.8 Å². The Balaban J connectivity index is 2.28. The molecule has 0 bridgehead atoms. The van der Waals surface area contributed by atoms with E-state index in [-0.39, 0.29) is 5.92 Å². The highest BCUT2D eigenvalue weighted by Gasteiger charge is 2.59. The molecular formula is C15H14O2. The normalized spacial score (nSPS) is 27.0. The molecule has 1 aliphatic carbocycles. The lowest BCUT2D eigenvalue weighted by Crippen LogP contribution is -2.22. The molecule has 3 rings (SSSR count). The molecule has 2 atom stereocenters. The third kappa shape index (κ3) is 1.30. The molecule has 1 saturated carbocycles. The summed E-state index contributed by atoms with van der Waals surface area (Å²) < 4.78 is 0. The summed E-state index contributed by atoms with van der Waals surface area (Å²) in [5, 5.41) is 11.7. The van der Waals surface area contributed by atoms with E-state index in [0.29, 0.717) is 0 Å². The predicted octanol–water partition coefficient (Wildman–Crippen LogP) is 3.20. The van der Waals surface area contributed by atoms with Gasteiger partial charge in [-0.25, -0.2) is 0 Å². The summed E-state index contributed by atoms with van der Waals surface area (Å²) in [4.78, 5) is 11.5. The van der Waals surface area contributed by atoms with Gasteiger partial charge in [0.05, 0.1) is 5.41 Å². The van der Waals surface area contributed by atoms with Crippen molar-refractivity contribution in [2.24, 2.45) is 5.92 Å². The third-order valence-corrected chi connectivity index (χ3v) is 3.96. The first kappa shape index (κ1) is 10.3. The van der Waals surface area contributed by atoms with Crippen LogP contribution in [0.15, 0.2) is 42.5 Å². The number of carbonyl (C=O) groups is 1. The van der Waals surface area contributed by atoms with Crippen LogP contribution in [0.3, 0.4) is 0 Å². The third-order valence-electron chi connectivity index (χ3n) is 3.96. The van der Waals surface area contributed by atoms with Crippen molar-refractivity contribution in [3.63, 3.8) is 0 Å². The lowest BCUT2D eigenvalue weighted by molar-refractivity contribution is -0.140. The van der Waals surface area contributed by atoms with Crippen LogP contribution in [0, 0.1) is 5.92 Å². The highest BCUT2D eigenvalue weighted by molar-refractivity contribution is 5.95. The van der Waals surface area contributed by atoms with Crippen LogP contribution < -0.4 is 0 Å². The minimum absolute atomic E-state index is 0.228. The fourth-order valence-corrected chi connectivity index (χ4v) is 2.83. The molecule has 0 aliphatic heterocycles. The Labute approximate surface area is 99.9 Å². The van der Waals surface area contributed by atoms with Crippen LogP contribution in [0.25, 0.3) is 10.8 Å². The summed E-state index contributed by atoms with van der Waals surface area (Å²) in [5.74, 6) is -0.466. The highest BCUT2D eigenvalue weighted by atomic mass is 16.4. The van der Waals surface area contributed by atoms with Gasteiger partial charge in [-0.2, -0.15) is 0 Å². The molecule has 0 amide bonds. The Morgan fingerprint density at radius 1 is 1.24 bits per heavy atom. The molecule has 2 nitrogen and oxygen atoms in total. The number of rotatable bonds is 2. The van der Waals surface area contributed by atoms with E-state index in [0.717, 1.165) is 22.8 Å². The summed E-state index contributed by atoms with van der Waals surface area (Å²) in [6.45, 7) is 2.01. The van der Waals surface area contributed by atoms with Crippen molar-refractivity contribution in [1.82, 2.24) is 0 Å². The standard InChI is InChI=1S/C15H14O2/c1-10-9-15(10,14(16)17)13-8-4-6-11-5-2-3-7-12(11)13/h2-8,10H,9H2,1H3,(H,16,17). The van der Waals surface area contributed by atoms with Gasteiger partial charge in [0, 0.05) is 0 Å². The van der Waals surface area contributed by atoms with Gasteiger partial charge in [-0.15, -0.1) is 0 Å². The van der Waals surface area contributed by atoms with Crippen molar-refractivity contribution < 1.29 is 9.90 Å². The van der Waals surface area contributed by atoms with Gasteiger partial charge in [-0.3, -0.25) is 4.79 Å². The van der Waals surface area contributed by atoms with E-state index in [2.05, 4.69) is 0 Å². The van der Waals surface area contributed by atoms with E-state index in [1.807, 2.05) is 49.4 Å².